The van der Waals surface area contributed by atoms with Crippen LogP contribution in [-0.4, -0.2) is 24.4 Å². The van der Waals surface area contributed by atoms with Crippen LogP contribution in [0.3, 0.4) is 0 Å². The summed E-state index contributed by atoms with van der Waals surface area (Å²) in [6, 6.07) is 2.03. The third-order valence-corrected chi connectivity index (χ3v) is 1.14. The molecule has 0 aromatic heterocycles. The first-order valence-corrected chi connectivity index (χ1v) is 5.91. The molecule has 0 saturated heterocycles. The minimum Gasteiger partial charge on any atom is -0.444 e. The Labute approximate surface area is 113 Å². The minimum atomic E-state index is -0.902. The number of carbonyl (C=O) groups excluding carboxylic acids is 2. The van der Waals surface area contributed by atoms with Gasteiger partial charge in [0.2, 0.25) is 0 Å². The highest BCUT2D eigenvalue weighted by Gasteiger charge is 2.06. The molecule has 0 spiro atoms. The molecular weight excluding hydrogens is 250 g/mol. The lowest BCUT2D eigenvalue weighted by molar-refractivity contribution is 0.115. The number of hydrogen-bond acceptors (Lipinski definition) is 5. The number of hydrogen-bond donors (Lipinski definition) is 0. The first kappa shape index (κ1) is 19.4. The molecule has 0 radical (unpaired) electrons. The minimum absolute atomic E-state index is 0.190. The van der Waals surface area contributed by atoms with Crippen molar-refractivity contribution in [2.24, 2.45) is 16.1 Å². The van der Waals surface area contributed by atoms with Crippen LogP contribution in [0.5, 0.6) is 0 Å². The zero-order valence-corrected chi connectivity index (χ0v) is 12.2. The highest BCUT2D eigenvalue weighted by atomic mass is 16.6. The average Bonchev–Trinajstić information content (AvgIpc) is 2.25. The van der Waals surface area contributed by atoms with Crippen molar-refractivity contribution in [3.63, 3.8) is 0 Å². The molecule has 7 nitrogen and oxygen atoms in total. The van der Waals surface area contributed by atoms with Crippen molar-refractivity contribution in [2.75, 3.05) is 0 Å². The predicted octanol–water partition coefficient (Wildman–Crippen LogP) is 3.69. The van der Waals surface area contributed by atoms with Gasteiger partial charge in [-0.2, -0.15) is 5.26 Å². The van der Waals surface area contributed by atoms with Gasteiger partial charge in [0.25, 0.3) is 0 Å². The zero-order valence-electron chi connectivity index (χ0n) is 12.2. The summed E-state index contributed by atoms with van der Waals surface area (Å²) >= 11 is 0. The van der Waals surface area contributed by atoms with Gasteiger partial charge in [-0.05, 0) is 41.5 Å². The van der Waals surface area contributed by atoms with E-state index in [0.29, 0.717) is 0 Å². The topological polar surface area (TPSA) is 101 Å². The van der Waals surface area contributed by atoms with Crippen molar-refractivity contribution in [1.29, 1.82) is 5.26 Å². The summed E-state index contributed by atoms with van der Waals surface area (Å²) < 4.78 is 9.20. The number of rotatable bonds is 2. The molecule has 0 bridgehead atoms. The van der Waals surface area contributed by atoms with Crippen LogP contribution < -0.4 is 0 Å². The van der Waals surface area contributed by atoms with Crippen LogP contribution in [-0.2, 0) is 9.47 Å². The van der Waals surface area contributed by atoms with Gasteiger partial charge in [0, 0.05) is 5.92 Å². The zero-order chi connectivity index (χ0) is 15.4. The van der Waals surface area contributed by atoms with Crippen molar-refractivity contribution in [2.45, 2.75) is 53.8 Å². The molecule has 0 fully saturated rings. The highest BCUT2D eigenvalue weighted by molar-refractivity contribution is 5.73. The van der Waals surface area contributed by atoms with Gasteiger partial charge in [-0.25, -0.2) is 9.59 Å². The lowest BCUT2D eigenvalue weighted by Gasteiger charge is -2.03. The van der Waals surface area contributed by atoms with E-state index in [2.05, 4.69) is 19.7 Å². The van der Waals surface area contributed by atoms with E-state index in [1.807, 2.05) is 19.9 Å². The Morgan fingerprint density at radius 1 is 0.895 bits per heavy atom. The fraction of sp³-hybridized carbons (Fsp3) is 0.750. The standard InChI is InChI=1S/C8H14N2O4.C4H7N/c1-5(2)13-7(11)9-10-8(12)14-6(3)4;1-4(2)3-5/h5-6H,1-4H3;4H,1-2H3. The molecule has 108 valence electrons. The van der Waals surface area contributed by atoms with E-state index < -0.39 is 12.2 Å². The molecule has 0 aliphatic heterocycles. The summed E-state index contributed by atoms with van der Waals surface area (Å²) in [7, 11) is 0. The molecule has 0 aromatic rings. The molecule has 0 saturated carbocycles. The van der Waals surface area contributed by atoms with E-state index in [1.54, 1.807) is 27.7 Å². The van der Waals surface area contributed by atoms with Gasteiger partial charge in [-0.1, -0.05) is 10.2 Å². The van der Waals surface area contributed by atoms with Crippen molar-refractivity contribution in [3.05, 3.63) is 0 Å². The molecule has 0 aliphatic carbocycles. The van der Waals surface area contributed by atoms with Crippen LogP contribution in [0.25, 0.3) is 0 Å². The molecule has 19 heavy (non-hydrogen) atoms. The van der Waals surface area contributed by atoms with E-state index in [9.17, 15) is 9.59 Å². The van der Waals surface area contributed by atoms with Gasteiger partial charge in [-0.15, -0.1) is 0 Å². The fourth-order valence-electron chi connectivity index (χ4n) is 0.532. The summed E-state index contributed by atoms with van der Waals surface area (Å²) in [5, 5.41) is 13.9. The third-order valence-electron chi connectivity index (χ3n) is 1.14. The molecular formula is C12H21N3O4. The number of azo groups is 1. The Morgan fingerprint density at radius 3 is 1.32 bits per heavy atom. The lowest BCUT2D eigenvalue weighted by atomic mass is 10.3. The van der Waals surface area contributed by atoms with Gasteiger partial charge < -0.3 is 9.47 Å². The van der Waals surface area contributed by atoms with E-state index in [-0.39, 0.29) is 18.1 Å². The van der Waals surface area contributed by atoms with E-state index in [1.165, 1.54) is 0 Å². The van der Waals surface area contributed by atoms with Gasteiger partial charge in [0.15, 0.2) is 0 Å². The van der Waals surface area contributed by atoms with Gasteiger partial charge in [0.1, 0.15) is 0 Å². The molecule has 0 unspecified atom stereocenters. The van der Waals surface area contributed by atoms with Crippen LogP contribution in [0, 0.1) is 17.2 Å². The van der Waals surface area contributed by atoms with Crippen molar-refractivity contribution in [3.8, 4) is 6.07 Å². The van der Waals surface area contributed by atoms with E-state index in [0.717, 1.165) is 0 Å². The van der Waals surface area contributed by atoms with Crippen molar-refractivity contribution in [1.82, 2.24) is 0 Å². The summed E-state index contributed by atoms with van der Waals surface area (Å²) in [6.45, 7) is 10.4. The third kappa shape index (κ3) is 18.6. The molecule has 0 rings (SSSR count). The van der Waals surface area contributed by atoms with Gasteiger partial charge >= 0.3 is 12.2 Å². The Morgan fingerprint density at radius 2 is 1.16 bits per heavy atom. The SMILES string of the molecule is CC(C)C#N.CC(C)OC(=O)N=NC(=O)OC(C)C. The maximum absolute atomic E-state index is 10.8. The quantitative estimate of drug-likeness (QED) is 0.712. The molecule has 0 N–H and O–H groups in total. The van der Waals surface area contributed by atoms with Gasteiger partial charge in [-0.3, -0.25) is 0 Å². The number of ether oxygens (including phenoxy) is 2. The van der Waals surface area contributed by atoms with E-state index in [4.69, 9.17) is 5.26 Å². The summed E-state index contributed by atoms with van der Waals surface area (Å²) in [4.78, 5) is 21.5. The molecule has 0 heterocycles. The molecule has 0 atom stereocenters. The smallest absolute Gasteiger partial charge is 0.444 e. The van der Waals surface area contributed by atoms with Crippen LogP contribution in [0.1, 0.15) is 41.5 Å². The van der Waals surface area contributed by atoms with Crippen LogP contribution >= 0.6 is 0 Å². The molecule has 7 heteroatoms. The van der Waals surface area contributed by atoms with Crippen molar-refractivity contribution < 1.29 is 19.1 Å². The Balaban J connectivity index is 0. The first-order valence-electron chi connectivity index (χ1n) is 5.91. The second-order valence-electron chi connectivity index (χ2n) is 4.35. The van der Waals surface area contributed by atoms with Crippen molar-refractivity contribution >= 4 is 12.2 Å². The average molecular weight is 271 g/mol. The Hall–Kier alpha value is -1.97. The number of nitrogens with zero attached hydrogens (tertiary/aromatic N) is 3. The summed E-state index contributed by atoms with van der Waals surface area (Å²) in [5.74, 6) is 0.190. The molecule has 2 amide bonds. The predicted molar refractivity (Wildman–Crippen MR) is 68.5 cm³/mol. The monoisotopic (exact) mass is 271 g/mol. The maximum Gasteiger partial charge on any atom is 0.452 e. The molecule has 0 aliphatic rings. The second-order valence-corrected chi connectivity index (χ2v) is 4.35. The largest absolute Gasteiger partial charge is 0.452 e. The molecule has 0 aromatic carbocycles. The van der Waals surface area contributed by atoms with Crippen LogP contribution in [0.15, 0.2) is 10.2 Å². The number of carbonyl (C=O) groups is 2. The normalized spacial score (nSPS) is 10.1. The number of nitriles is 1. The number of amides is 2. The Kier molecular flexibility index (Phi) is 11.4. The summed E-state index contributed by atoms with van der Waals surface area (Å²) in [5.41, 5.74) is 0. The van der Waals surface area contributed by atoms with Gasteiger partial charge in [0.05, 0.1) is 18.3 Å². The maximum atomic E-state index is 10.8. The lowest BCUT2D eigenvalue weighted by Crippen LogP contribution is -2.09. The Bertz CT molecular complexity index is 319. The fourth-order valence-corrected chi connectivity index (χ4v) is 0.532. The highest BCUT2D eigenvalue weighted by Crippen LogP contribution is 1.96. The van der Waals surface area contributed by atoms with Crippen LogP contribution in [0.2, 0.25) is 0 Å². The van der Waals surface area contributed by atoms with E-state index >= 15 is 0 Å². The first-order chi connectivity index (χ1) is 8.68. The summed E-state index contributed by atoms with van der Waals surface area (Å²) in [6.07, 6.45) is -2.38. The van der Waals surface area contributed by atoms with Crippen LogP contribution in [0.4, 0.5) is 9.59 Å². The second kappa shape index (κ2) is 11.1.